The van der Waals surface area contributed by atoms with Gasteiger partial charge in [-0.05, 0) is 43.9 Å². The first-order chi connectivity index (χ1) is 15.0. The molecule has 3 heterocycles. The Morgan fingerprint density at radius 2 is 2.00 bits per heavy atom. The number of esters is 1. The second kappa shape index (κ2) is 7.50. The molecule has 2 amide bonds. The zero-order chi connectivity index (χ0) is 21.4. The monoisotopic (exact) mass is 421 g/mol. The molecular weight excluding hydrogens is 401 g/mol. The van der Waals surface area contributed by atoms with E-state index in [1.54, 1.807) is 48.9 Å². The molecule has 0 bridgehead atoms. The number of carbonyl (C=O) groups excluding carboxylic acids is 2. The van der Waals surface area contributed by atoms with Gasteiger partial charge in [-0.1, -0.05) is 12.1 Å². The summed E-state index contributed by atoms with van der Waals surface area (Å²) in [6, 6.07) is 9.12. The fourth-order valence-corrected chi connectivity index (χ4v) is 4.32. The summed E-state index contributed by atoms with van der Waals surface area (Å²) < 4.78 is 21.0. The molecule has 9 heteroatoms. The van der Waals surface area contributed by atoms with Crippen LogP contribution < -0.4 is 10.6 Å². The highest BCUT2D eigenvalue weighted by Crippen LogP contribution is 2.46. The molecule has 1 fully saturated rings. The summed E-state index contributed by atoms with van der Waals surface area (Å²) in [5.74, 6) is -0.396. The second-order valence-electron chi connectivity index (χ2n) is 7.77. The van der Waals surface area contributed by atoms with E-state index >= 15 is 0 Å². The summed E-state index contributed by atoms with van der Waals surface area (Å²) in [6.07, 6.45) is 7.43. The van der Waals surface area contributed by atoms with Crippen molar-refractivity contribution in [1.29, 1.82) is 0 Å². The highest BCUT2D eigenvalue weighted by atomic mass is 19.1. The number of fused-ring (bicyclic) bond motifs is 2. The van der Waals surface area contributed by atoms with Gasteiger partial charge in [0.25, 0.3) is 0 Å². The second-order valence-corrected chi connectivity index (χ2v) is 7.77. The Kier molecular flexibility index (Phi) is 4.65. The molecule has 0 atom stereocenters. The van der Waals surface area contributed by atoms with E-state index in [1.807, 2.05) is 0 Å². The topological polar surface area (TPSA) is 98.1 Å². The number of para-hydroxylation sites is 1. The Hall–Kier alpha value is -3.75. The number of carbonyl (C=O) groups is 2. The Morgan fingerprint density at radius 1 is 1.19 bits per heavy atom. The first-order valence-corrected chi connectivity index (χ1v) is 10.1. The fraction of sp³-hybridized carbons (Fsp3) is 0.273. The van der Waals surface area contributed by atoms with Crippen LogP contribution in [0.5, 0.6) is 0 Å². The Bertz CT molecular complexity index is 1150. The van der Waals surface area contributed by atoms with Crippen LogP contribution in [0.1, 0.15) is 41.6 Å². The number of amides is 2. The van der Waals surface area contributed by atoms with E-state index in [4.69, 9.17) is 4.74 Å². The molecule has 1 aliphatic carbocycles. The van der Waals surface area contributed by atoms with Gasteiger partial charge in [0, 0.05) is 36.3 Å². The van der Waals surface area contributed by atoms with Crippen LogP contribution >= 0.6 is 0 Å². The molecule has 0 saturated heterocycles. The summed E-state index contributed by atoms with van der Waals surface area (Å²) in [5, 5.41) is 9.83. The van der Waals surface area contributed by atoms with Gasteiger partial charge in [-0.15, -0.1) is 5.10 Å². The highest BCUT2D eigenvalue weighted by molar-refractivity contribution is 5.94. The van der Waals surface area contributed by atoms with Crippen molar-refractivity contribution in [2.45, 2.75) is 37.3 Å². The third kappa shape index (κ3) is 3.52. The molecule has 1 saturated carbocycles. The van der Waals surface area contributed by atoms with Crippen LogP contribution in [0.25, 0.3) is 5.69 Å². The van der Waals surface area contributed by atoms with Gasteiger partial charge in [-0.25, -0.2) is 18.7 Å². The molecule has 8 nitrogen and oxygen atoms in total. The van der Waals surface area contributed by atoms with Gasteiger partial charge in [0.1, 0.15) is 17.1 Å². The number of hydrogen-bond donors (Lipinski definition) is 2. The summed E-state index contributed by atoms with van der Waals surface area (Å²) in [7, 11) is 0. The lowest BCUT2D eigenvalue weighted by Crippen LogP contribution is -2.44. The van der Waals surface area contributed by atoms with Crippen molar-refractivity contribution < 1.29 is 18.7 Å². The van der Waals surface area contributed by atoms with Crippen LogP contribution in [0.15, 0.2) is 55.0 Å². The van der Waals surface area contributed by atoms with Gasteiger partial charge in [-0.3, -0.25) is 10.3 Å². The molecule has 158 valence electrons. The predicted octanol–water partition coefficient (Wildman–Crippen LogP) is 3.54. The number of benzene rings is 1. The molecule has 3 aromatic rings. The zero-order valence-corrected chi connectivity index (χ0v) is 16.5. The molecule has 1 spiro atoms. The molecule has 0 unspecified atom stereocenters. The van der Waals surface area contributed by atoms with E-state index in [1.165, 1.54) is 10.7 Å². The molecule has 5 rings (SSSR count). The van der Waals surface area contributed by atoms with Crippen LogP contribution in [-0.2, 0) is 10.3 Å². The average Bonchev–Trinajstić information content (AvgIpc) is 3.33. The minimum atomic E-state index is -0.645. The molecule has 0 radical (unpaired) electrons. The molecule has 1 aromatic carbocycles. The SMILES string of the molecule is O=C(Nc1ccn(-c2ccccc2F)n1)NC1CCC2(CC1)OC(=O)c1ccncc12. The molecule has 2 N–H and O–H groups in total. The number of ether oxygens (including phenoxy) is 1. The maximum Gasteiger partial charge on any atom is 0.339 e. The number of urea groups is 1. The minimum Gasteiger partial charge on any atom is -0.450 e. The number of pyridine rings is 1. The maximum atomic E-state index is 13.9. The lowest BCUT2D eigenvalue weighted by Gasteiger charge is -2.36. The van der Waals surface area contributed by atoms with Crippen molar-refractivity contribution in [2.75, 3.05) is 5.32 Å². The zero-order valence-electron chi connectivity index (χ0n) is 16.5. The summed E-state index contributed by atoms with van der Waals surface area (Å²) in [5.41, 5.74) is 1.06. The van der Waals surface area contributed by atoms with Crippen molar-refractivity contribution in [3.63, 3.8) is 0 Å². The smallest absolute Gasteiger partial charge is 0.339 e. The number of aromatic nitrogens is 3. The quantitative estimate of drug-likeness (QED) is 0.631. The van der Waals surface area contributed by atoms with Crippen molar-refractivity contribution >= 4 is 17.8 Å². The van der Waals surface area contributed by atoms with E-state index < -0.39 is 11.4 Å². The molecular formula is C22H20FN5O3. The standard InChI is InChI=1S/C22H20FN5O3/c23-17-3-1-2-4-18(17)28-12-8-19(27-28)26-21(30)25-14-5-9-22(10-6-14)16-13-24-11-7-15(16)20(29)31-22/h1-4,7-8,11-14H,5-6,9-10H2,(H2,25,26,27,30). The first-order valence-electron chi connectivity index (χ1n) is 10.1. The Labute approximate surface area is 177 Å². The molecule has 2 aromatic heterocycles. The van der Waals surface area contributed by atoms with E-state index in [0.29, 0.717) is 42.8 Å². The largest absolute Gasteiger partial charge is 0.450 e. The fourth-order valence-electron chi connectivity index (χ4n) is 4.32. The highest BCUT2D eigenvalue weighted by Gasteiger charge is 2.47. The van der Waals surface area contributed by atoms with Crippen molar-refractivity contribution in [3.8, 4) is 5.69 Å². The van der Waals surface area contributed by atoms with Crippen molar-refractivity contribution in [3.05, 3.63) is 71.9 Å². The van der Waals surface area contributed by atoms with Crippen LogP contribution in [0.2, 0.25) is 0 Å². The number of nitrogens with zero attached hydrogens (tertiary/aromatic N) is 3. The minimum absolute atomic E-state index is 0.0568. The normalized spacial score (nSPS) is 22.1. The summed E-state index contributed by atoms with van der Waals surface area (Å²) in [6.45, 7) is 0. The van der Waals surface area contributed by atoms with Crippen LogP contribution in [0.4, 0.5) is 15.0 Å². The lowest BCUT2D eigenvalue weighted by molar-refractivity contribution is -0.0318. The average molecular weight is 421 g/mol. The third-order valence-electron chi connectivity index (χ3n) is 5.88. The maximum absolute atomic E-state index is 13.9. The van der Waals surface area contributed by atoms with Crippen molar-refractivity contribution in [1.82, 2.24) is 20.1 Å². The summed E-state index contributed by atoms with van der Waals surface area (Å²) in [4.78, 5) is 28.7. The number of hydrogen-bond acceptors (Lipinski definition) is 5. The number of halogens is 1. The summed E-state index contributed by atoms with van der Waals surface area (Å²) >= 11 is 0. The van der Waals surface area contributed by atoms with Gasteiger partial charge in [0.2, 0.25) is 0 Å². The predicted molar refractivity (Wildman–Crippen MR) is 109 cm³/mol. The van der Waals surface area contributed by atoms with Gasteiger partial charge in [0.15, 0.2) is 5.82 Å². The van der Waals surface area contributed by atoms with E-state index in [2.05, 4.69) is 20.7 Å². The number of anilines is 1. The number of rotatable bonds is 3. The van der Waals surface area contributed by atoms with E-state index in [9.17, 15) is 14.0 Å². The Balaban J connectivity index is 1.19. The van der Waals surface area contributed by atoms with Gasteiger partial charge in [-0.2, -0.15) is 0 Å². The van der Waals surface area contributed by atoms with Crippen molar-refractivity contribution in [2.24, 2.45) is 0 Å². The number of nitrogens with one attached hydrogen (secondary N) is 2. The van der Waals surface area contributed by atoms with E-state index in [-0.39, 0.29) is 18.0 Å². The molecule has 31 heavy (non-hydrogen) atoms. The van der Waals surface area contributed by atoms with Gasteiger partial charge >= 0.3 is 12.0 Å². The Morgan fingerprint density at radius 3 is 2.81 bits per heavy atom. The third-order valence-corrected chi connectivity index (χ3v) is 5.88. The van der Waals surface area contributed by atoms with Gasteiger partial charge < -0.3 is 10.1 Å². The van der Waals surface area contributed by atoms with Crippen LogP contribution in [0, 0.1) is 5.82 Å². The van der Waals surface area contributed by atoms with Gasteiger partial charge in [0.05, 0.1) is 5.56 Å². The van der Waals surface area contributed by atoms with E-state index in [0.717, 1.165) is 5.56 Å². The lowest BCUT2D eigenvalue weighted by atomic mass is 9.78. The van der Waals surface area contributed by atoms with Crippen LogP contribution in [-0.4, -0.2) is 32.8 Å². The molecule has 2 aliphatic rings. The van der Waals surface area contributed by atoms with Crippen LogP contribution in [0.3, 0.4) is 0 Å². The first kappa shape index (κ1) is 19.2. The molecule has 1 aliphatic heterocycles.